The molecule has 3 nitrogen and oxygen atoms in total. The quantitative estimate of drug-likeness (QED) is 0.305. The van der Waals surface area contributed by atoms with Crippen molar-refractivity contribution >= 4 is 11.6 Å². The average molecular weight is 393 g/mol. The van der Waals surface area contributed by atoms with Crippen LogP contribution in [0.25, 0.3) is 0 Å². The summed E-state index contributed by atoms with van der Waals surface area (Å²) in [6.07, 6.45) is 8.35. The number of rotatable bonds is 13. The summed E-state index contributed by atoms with van der Waals surface area (Å²) in [5.41, 5.74) is 2.39. The fourth-order valence-electron chi connectivity index (χ4n) is 3.27. The van der Waals surface area contributed by atoms with Crippen molar-refractivity contribution in [3.05, 3.63) is 77.9 Å². The van der Waals surface area contributed by atoms with Gasteiger partial charge in [-0.05, 0) is 48.9 Å². The monoisotopic (exact) mass is 392 g/mol. The minimum Gasteiger partial charge on any atom is -0.489 e. The van der Waals surface area contributed by atoms with E-state index in [1.165, 1.54) is 5.56 Å². The van der Waals surface area contributed by atoms with Gasteiger partial charge in [0.05, 0.1) is 5.92 Å². The van der Waals surface area contributed by atoms with Gasteiger partial charge >= 0.3 is 0 Å². The van der Waals surface area contributed by atoms with Crippen LogP contribution in [0.3, 0.4) is 0 Å². The largest absolute Gasteiger partial charge is 0.489 e. The number of ketones is 2. The molecule has 0 heterocycles. The van der Waals surface area contributed by atoms with Gasteiger partial charge in [-0.1, -0.05) is 68.5 Å². The maximum absolute atomic E-state index is 11.9. The van der Waals surface area contributed by atoms with E-state index in [0.717, 1.165) is 30.6 Å². The maximum Gasteiger partial charge on any atom is 0.143 e. The molecule has 0 fully saturated rings. The molecule has 0 saturated heterocycles. The molecular formula is C26H32O3. The van der Waals surface area contributed by atoms with Crippen LogP contribution in [0.4, 0.5) is 0 Å². The fraction of sp³-hybridized carbons (Fsp3) is 0.385. The molecule has 0 amide bonds. The summed E-state index contributed by atoms with van der Waals surface area (Å²) in [4.78, 5) is 23.9. The van der Waals surface area contributed by atoms with E-state index >= 15 is 0 Å². The molecule has 0 N–H and O–H groups in total. The summed E-state index contributed by atoms with van der Waals surface area (Å²) in [6, 6.07) is 18.4. The topological polar surface area (TPSA) is 43.4 Å². The number of carbonyl (C=O) groups excluding carboxylic acids is 2. The van der Waals surface area contributed by atoms with Crippen LogP contribution in [0.1, 0.15) is 57.1 Å². The first-order chi connectivity index (χ1) is 14.1. The Morgan fingerprint density at radius 2 is 1.52 bits per heavy atom. The van der Waals surface area contributed by atoms with E-state index in [1.807, 2.05) is 44.2 Å². The molecule has 0 unspecified atom stereocenters. The molecule has 0 radical (unpaired) electrons. The van der Waals surface area contributed by atoms with Crippen LogP contribution in [0.15, 0.2) is 66.7 Å². The minimum absolute atomic E-state index is 0.0672. The lowest BCUT2D eigenvalue weighted by Gasteiger charge is -2.11. The molecule has 0 aliphatic heterocycles. The van der Waals surface area contributed by atoms with Crippen LogP contribution in [0.5, 0.6) is 5.75 Å². The van der Waals surface area contributed by atoms with E-state index in [9.17, 15) is 9.59 Å². The summed E-state index contributed by atoms with van der Waals surface area (Å²) in [6.45, 7) is 4.22. The highest BCUT2D eigenvalue weighted by molar-refractivity contribution is 6.02. The van der Waals surface area contributed by atoms with Gasteiger partial charge in [0.15, 0.2) is 0 Å². The Balaban J connectivity index is 1.75. The molecule has 0 aliphatic rings. The van der Waals surface area contributed by atoms with Gasteiger partial charge < -0.3 is 4.74 Å². The standard InChI is InChI=1S/C26H32O3/c1-3-25(27)24(26(28)4-2)18-11-6-5-8-13-21-16-12-17-23(19-21)29-20-22-14-9-7-10-15-22/h5-7,9-10,12,14-17,19,24H,3-4,8,11,13,18,20H2,1-2H3/b6-5+. The Morgan fingerprint density at radius 1 is 0.862 bits per heavy atom. The molecule has 0 atom stereocenters. The first-order valence-corrected chi connectivity index (χ1v) is 10.6. The molecule has 2 aromatic carbocycles. The van der Waals surface area contributed by atoms with E-state index in [-0.39, 0.29) is 11.6 Å². The maximum atomic E-state index is 11.9. The fourth-order valence-corrected chi connectivity index (χ4v) is 3.27. The van der Waals surface area contributed by atoms with Crippen LogP contribution in [0, 0.1) is 5.92 Å². The first kappa shape index (κ1) is 22.6. The van der Waals surface area contributed by atoms with Gasteiger partial charge in [0.1, 0.15) is 23.9 Å². The highest BCUT2D eigenvalue weighted by Crippen LogP contribution is 2.17. The minimum atomic E-state index is -0.423. The molecule has 0 bridgehead atoms. The summed E-state index contributed by atoms with van der Waals surface area (Å²) in [5, 5.41) is 0. The van der Waals surface area contributed by atoms with E-state index in [0.29, 0.717) is 25.9 Å². The van der Waals surface area contributed by atoms with Crippen LogP contribution in [-0.2, 0) is 22.6 Å². The Bertz CT molecular complexity index is 777. The lowest BCUT2D eigenvalue weighted by atomic mass is 9.91. The second-order valence-electron chi connectivity index (χ2n) is 7.20. The molecule has 2 rings (SSSR count). The van der Waals surface area contributed by atoms with E-state index in [2.05, 4.69) is 36.4 Å². The van der Waals surface area contributed by atoms with Crippen molar-refractivity contribution in [1.82, 2.24) is 0 Å². The number of carbonyl (C=O) groups is 2. The lowest BCUT2D eigenvalue weighted by Crippen LogP contribution is -2.22. The number of ether oxygens (including phenoxy) is 1. The van der Waals surface area contributed by atoms with Crippen molar-refractivity contribution in [2.45, 2.75) is 59.0 Å². The highest BCUT2D eigenvalue weighted by atomic mass is 16.5. The Labute approximate surface area is 174 Å². The van der Waals surface area contributed by atoms with Crippen molar-refractivity contribution in [1.29, 1.82) is 0 Å². The number of Topliss-reactive ketones (excluding diaryl/α,β-unsaturated/α-hetero) is 2. The zero-order valence-electron chi connectivity index (χ0n) is 17.6. The van der Waals surface area contributed by atoms with Crippen LogP contribution < -0.4 is 4.74 Å². The predicted molar refractivity (Wildman–Crippen MR) is 118 cm³/mol. The number of hydrogen-bond donors (Lipinski definition) is 0. The third-order valence-corrected chi connectivity index (χ3v) is 5.01. The summed E-state index contributed by atoms with van der Waals surface area (Å²) in [5.74, 6) is 0.595. The van der Waals surface area contributed by atoms with Gasteiger partial charge in [0.2, 0.25) is 0 Å². The molecular weight excluding hydrogens is 360 g/mol. The summed E-state index contributed by atoms with van der Waals surface area (Å²) in [7, 11) is 0. The highest BCUT2D eigenvalue weighted by Gasteiger charge is 2.22. The number of allylic oxidation sites excluding steroid dienone is 2. The molecule has 154 valence electrons. The van der Waals surface area contributed by atoms with Gasteiger partial charge in [0, 0.05) is 12.8 Å². The average Bonchev–Trinajstić information content (AvgIpc) is 2.77. The van der Waals surface area contributed by atoms with Crippen molar-refractivity contribution in [3.8, 4) is 5.75 Å². The molecule has 0 saturated carbocycles. The van der Waals surface area contributed by atoms with Crippen molar-refractivity contribution in [2.24, 2.45) is 5.92 Å². The smallest absolute Gasteiger partial charge is 0.143 e. The summed E-state index contributed by atoms with van der Waals surface area (Å²) < 4.78 is 5.89. The number of aryl methyl sites for hydroxylation is 1. The third-order valence-electron chi connectivity index (χ3n) is 5.01. The molecule has 0 aliphatic carbocycles. The number of hydrogen-bond acceptors (Lipinski definition) is 3. The molecule has 0 aromatic heterocycles. The van der Waals surface area contributed by atoms with Crippen LogP contribution in [0.2, 0.25) is 0 Å². The van der Waals surface area contributed by atoms with Gasteiger partial charge in [-0.25, -0.2) is 0 Å². The van der Waals surface area contributed by atoms with Gasteiger partial charge in [-0.15, -0.1) is 0 Å². The van der Waals surface area contributed by atoms with Crippen LogP contribution in [-0.4, -0.2) is 11.6 Å². The van der Waals surface area contributed by atoms with E-state index in [1.54, 1.807) is 0 Å². The van der Waals surface area contributed by atoms with Crippen molar-refractivity contribution in [3.63, 3.8) is 0 Å². The SMILES string of the molecule is CCC(=O)C(CC/C=C/CCc1cccc(OCc2ccccc2)c1)C(=O)CC. The van der Waals surface area contributed by atoms with Gasteiger partial charge in [0.25, 0.3) is 0 Å². The van der Waals surface area contributed by atoms with Crippen molar-refractivity contribution < 1.29 is 14.3 Å². The van der Waals surface area contributed by atoms with Crippen molar-refractivity contribution in [2.75, 3.05) is 0 Å². The predicted octanol–water partition coefficient (Wildman–Crippen LogP) is 6.11. The Morgan fingerprint density at radius 3 is 2.21 bits per heavy atom. The first-order valence-electron chi connectivity index (χ1n) is 10.6. The molecule has 3 heteroatoms. The molecule has 2 aromatic rings. The molecule has 0 spiro atoms. The second kappa shape index (κ2) is 12.7. The number of benzene rings is 2. The Hall–Kier alpha value is -2.68. The molecule has 29 heavy (non-hydrogen) atoms. The second-order valence-corrected chi connectivity index (χ2v) is 7.20. The zero-order valence-corrected chi connectivity index (χ0v) is 17.6. The Kier molecular flexibility index (Phi) is 9.91. The van der Waals surface area contributed by atoms with E-state index in [4.69, 9.17) is 4.74 Å². The zero-order chi connectivity index (χ0) is 20.9. The van der Waals surface area contributed by atoms with Gasteiger partial charge in [-0.2, -0.15) is 0 Å². The third kappa shape index (κ3) is 8.06. The van der Waals surface area contributed by atoms with Crippen LogP contribution >= 0.6 is 0 Å². The lowest BCUT2D eigenvalue weighted by molar-refractivity contribution is -0.132. The normalized spacial score (nSPS) is 11.1. The van der Waals surface area contributed by atoms with E-state index < -0.39 is 5.92 Å². The van der Waals surface area contributed by atoms with Gasteiger partial charge in [-0.3, -0.25) is 9.59 Å². The summed E-state index contributed by atoms with van der Waals surface area (Å²) >= 11 is 0.